The van der Waals surface area contributed by atoms with Crippen molar-refractivity contribution in [3.05, 3.63) is 65.7 Å². The Bertz CT molecular complexity index is 557. The van der Waals surface area contributed by atoms with E-state index in [-0.39, 0.29) is 6.10 Å². The highest BCUT2D eigenvalue weighted by molar-refractivity contribution is 5.60. The van der Waals surface area contributed by atoms with Gasteiger partial charge in [-0.1, -0.05) is 36.4 Å². The minimum Gasteiger partial charge on any atom is -0.481 e. The van der Waals surface area contributed by atoms with Crippen molar-refractivity contribution in [3.8, 4) is 5.75 Å². The zero-order chi connectivity index (χ0) is 11.7. The molecule has 0 bridgehead atoms. The highest BCUT2D eigenvalue weighted by Crippen LogP contribution is 2.32. The van der Waals surface area contributed by atoms with Gasteiger partial charge in [0.15, 0.2) is 0 Å². The Balaban J connectivity index is 1.92. The van der Waals surface area contributed by atoms with Gasteiger partial charge in [0.2, 0.25) is 0 Å². The molecule has 1 heterocycles. The van der Waals surface area contributed by atoms with Crippen LogP contribution in [0.5, 0.6) is 5.75 Å². The third-order valence-electron chi connectivity index (χ3n) is 2.89. The topological polar surface area (TPSA) is 35.2 Å². The molecule has 3 rings (SSSR count). The van der Waals surface area contributed by atoms with E-state index >= 15 is 0 Å². The minimum absolute atomic E-state index is 0.0227. The van der Waals surface area contributed by atoms with Crippen LogP contribution in [0.25, 0.3) is 6.08 Å². The first kappa shape index (κ1) is 9.97. The largest absolute Gasteiger partial charge is 0.481 e. The van der Waals surface area contributed by atoms with Gasteiger partial charge in [0.1, 0.15) is 11.9 Å². The molecule has 0 saturated heterocycles. The van der Waals surface area contributed by atoms with Crippen molar-refractivity contribution in [1.29, 1.82) is 0 Å². The van der Waals surface area contributed by atoms with Gasteiger partial charge in [-0.25, -0.2) is 0 Å². The van der Waals surface area contributed by atoms with E-state index in [0.717, 1.165) is 22.6 Å². The summed E-state index contributed by atoms with van der Waals surface area (Å²) in [7, 11) is 0. The molecule has 0 amide bonds. The van der Waals surface area contributed by atoms with Gasteiger partial charge >= 0.3 is 0 Å². The van der Waals surface area contributed by atoms with E-state index in [2.05, 4.69) is 12.2 Å². The number of fused-ring (bicyclic) bond motifs is 1. The molecule has 2 heteroatoms. The van der Waals surface area contributed by atoms with Gasteiger partial charge in [0, 0.05) is 11.3 Å². The number of nitrogen functional groups attached to an aromatic ring is 1. The van der Waals surface area contributed by atoms with Gasteiger partial charge in [-0.2, -0.15) is 0 Å². The lowest BCUT2D eigenvalue weighted by atomic mass is 10.0. The minimum atomic E-state index is -0.0227. The molecule has 0 fully saturated rings. The van der Waals surface area contributed by atoms with Gasteiger partial charge in [0.05, 0.1) is 0 Å². The second kappa shape index (κ2) is 3.98. The van der Waals surface area contributed by atoms with Crippen LogP contribution >= 0.6 is 0 Å². The Morgan fingerprint density at radius 3 is 2.53 bits per heavy atom. The van der Waals surface area contributed by atoms with Crippen LogP contribution in [0.3, 0.4) is 0 Å². The van der Waals surface area contributed by atoms with Crippen LogP contribution in [0.2, 0.25) is 0 Å². The molecule has 0 aliphatic carbocycles. The molecule has 1 aliphatic rings. The Labute approximate surface area is 100 Å². The maximum Gasteiger partial charge on any atom is 0.142 e. The van der Waals surface area contributed by atoms with Gasteiger partial charge in [-0.05, 0) is 29.8 Å². The summed E-state index contributed by atoms with van der Waals surface area (Å²) in [6, 6.07) is 15.8. The Morgan fingerprint density at radius 1 is 0.941 bits per heavy atom. The molecule has 0 saturated carbocycles. The highest BCUT2D eigenvalue weighted by Gasteiger charge is 2.15. The maximum atomic E-state index is 5.93. The van der Waals surface area contributed by atoms with Crippen molar-refractivity contribution in [2.45, 2.75) is 6.10 Å². The third-order valence-corrected chi connectivity index (χ3v) is 2.89. The molecule has 17 heavy (non-hydrogen) atoms. The first-order valence-electron chi connectivity index (χ1n) is 5.62. The van der Waals surface area contributed by atoms with Crippen LogP contribution in [0, 0.1) is 0 Å². The molecule has 1 aliphatic heterocycles. The average molecular weight is 223 g/mol. The van der Waals surface area contributed by atoms with Gasteiger partial charge in [0.25, 0.3) is 0 Å². The second-order valence-corrected chi connectivity index (χ2v) is 4.10. The molecule has 0 aromatic heterocycles. The molecule has 84 valence electrons. The maximum absolute atomic E-state index is 5.93. The van der Waals surface area contributed by atoms with Crippen molar-refractivity contribution < 1.29 is 4.74 Å². The lowest BCUT2D eigenvalue weighted by Gasteiger charge is -2.21. The SMILES string of the molecule is Nc1ccc(C2C=Cc3ccccc3O2)cc1. The summed E-state index contributed by atoms with van der Waals surface area (Å²) in [6.07, 6.45) is 4.14. The van der Waals surface area contributed by atoms with Crippen molar-refractivity contribution in [3.63, 3.8) is 0 Å². The van der Waals surface area contributed by atoms with Crippen LogP contribution in [-0.2, 0) is 0 Å². The van der Waals surface area contributed by atoms with Crippen molar-refractivity contribution in [2.24, 2.45) is 0 Å². The van der Waals surface area contributed by atoms with E-state index in [0.29, 0.717) is 0 Å². The first-order valence-corrected chi connectivity index (χ1v) is 5.62. The standard InChI is InChI=1S/C15H13NO/c16-13-8-5-12(6-9-13)15-10-7-11-3-1-2-4-14(11)17-15/h1-10,15H,16H2. The predicted octanol–water partition coefficient (Wildman–Crippen LogP) is 3.42. The zero-order valence-corrected chi connectivity index (χ0v) is 9.34. The number of hydrogen-bond donors (Lipinski definition) is 1. The van der Waals surface area contributed by atoms with Crippen LogP contribution in [-0.4, -0.2) is 0 Å². The number of anilines is 1. The normalized spacial score (nSPS) is 17.3. The van der Waals surface area contributed by atoms with Gasteiger partial charge in [-0.3, -0.25) is 0 Å². The Kier molecular flexibility index (Phi) is 2.33. The molecule has 2 aromatic rings. The van der Waals surface area contributed by atoms with Crippen LogP contribution < -0.4 is 10.5 Å². The van der Waals surface area contributed by atoms with Crippen LogP contribution in [0.4, 0.5) is 5.69 Å². The summed E-state index contributed by atoms with van der Waals surface area (Å²) in [4.78, 5) is 0. The Morgan fingerprint density at radius 2 is 1.71 bits per heavy atom. The molecule has 0 spiro atoms. The first-order chi connectivity index (χ1) is 8.33. The van der Waals surface area contributed by atoms with Gasteiger partial charge in [-0.15, -0.1) is 0 Å². The fourth-order valence-corrected chi connectivity index (χ4v) is 1.96. The molecule has 2 N–H and O–H groups in total. The van der Waals surface area contributed by atoms with E-state index in [4.69, 9.17) is 10.5 Å². The van der Waals surface area contributed by atoms with Crippen molar-refractivity contribution in [1.82, 2.24) is 0 Å². The molecule has 1 atom stereocenters. The number of benzene rings is 2. The predicted molar refractivity (Wildman–Crippen MR) is 69.7 cm³/mol. The molecule has 2 nitrogen and oxygen atoms in total. The van der Waals surface area contributed by atoms with E-state index in [1.165, 1.54) is 0 Å². The molecule has 2 aromatic carbocycles. The molecular weight excluding hydrogens is 210 g/mol. The molecular formula is C15H13NO. The van der Waals surface area contributed by atoms with Crippen LogP contribution in [0.15, 0.2) is 54.6 Å². The lowest BCUT2D eigenvalue weighted by Crippen LogP contribution is -2.08. The highest BCUT2D eigenvalue weighted by atomic mass is 16.5. The smallest absolute Gasteiger partial charge is 0.142 e. The monoisotopic (exact) mass is 223 g/mol. The number of nitrogens with two attached hydrogens (primary N) is 1. The average Bonchev–Trinajstić information content (AvgIpc) is 2.39. The van der Waals surface area contributed by atoms with Crippen LogP contribution in [0.1, 0.15) is 17.2 Å². The second-order valence-electron chi connectivity index (χ2n) is 4.10. The van der Waals surface area contributed by atoms with Crippen molar-refractivity contribution >= 4 is 11.8 Å². The molecule has 0 radical (unpaired) electrons. The van der Waals surface area contributed by atoms with E-state index < -0.39 is 0 Å². The summed E-state index contributed by atoms with van der Waals surface area (Å²) in [5.41, 5.74) is 8.69. The summed E-state index contributed by atoms with van der Waals surface area (Å²) < 4.78 is 5.93. The summed E-state index contributed by atoms with van der Waals surface area (Å²) in [6.45, 7) is 0. The molecule has 1 unspecified atom stereocenters. The summed E-state index contributed by atoms with van der Waals surface area (Å²) in [5.74, 6) is 0.928. The lowest BCUT2D eigenvalue weighted by molar-refractivity contribution is 0.252. The van der Waals surface area contributed by atoms with E-state index in [9.17, 15) is 0 Å². The number of para-hydroxylation sites is 1. The number of rotatable bonds is 1. The van der Waals surface area contributed by atoms with E-state index in [1.807, 2.05) is 48.5 Å². The fraction of sp³-hybridized carbons (Fsp3) is 0.0667. The van der Waals surface area contributed by atoms with E-state index in [1.54, 1.807) is 0 Å². The van der Waals surface area contributed by atoms with Crippen molar-refractivity contribution in [2.75, 3.05) is 5.73 Å². The fourth-order valence-electron chi connectivity index (χ4n) is 1.96. The number of ether oxygens (including phenoxy) is 1. The summed E-state index contributed by atoms with van der Waals surface area (Å²) >= 11 is 0. The quantitative estimate of drug-likeness (QED) is 0.752. The third kappa shape index (κ3) is 1.89. The number of hydrogen-bond acceptors (Lipinski definition) is 2. The zero-order valence-electron chi connectivity index (χ0n) is 9.34. The van der Waals surface area contributed by atoms with Gasteiger partial charge < -0.3 is 10.5 Å². The Hall–Kier alpha value is -2.22. The summed E-state index contributed by atoms with van der Waals surface area (Å²) in [5, 5.41) is 0.